The molecule has 1 saturated carbocycles. The molecule has 1 aliphatic heterocycles. The van der Waals surface area contributed by atoms with Gasteiger partial charge in [0.2, 0.25) is 0 Å². The normalized spacial score (nSPS) is 21.4. The molecule has 0 aromatic heterocycles. The van der Waals surface area contributed by atoms with E-state index in [-0.39, 0.29) is 22.3 Å². The van der Waals surface area contributed by atoms with Crippen LogP contribution in [-0.2, 0) is 4.79 Å². The standard InChI is InChI=1S/C22H23NO3S/c1-22(11-5-2-6-12-22)14-23-20(25)19(27-21(23)26)13-15-9-10-18(24)17-8-4-3-7-16(15)17/h3-4,7-10,13,24H,2,5-6,11-12,14H2,1H3/b19-13+. The van der Waals surface area contributed by atoms with Gasteiger partial charge in [0.05, 0.1) is 4.91 Å². The first-order valence-electron chi connectivity index (χ1n) is 9.43. The average molecular weight is 381 g/mol. The smallest absolute Gasteiger partial charge is 0.293 e. The average Bonchev–Trinajstić information content (AvgIpc) is 2.92. The lowest BCUT2D eigenvalue weighted by atomic mass is 9.75. The number of aromatic hydroxyl groups is 1. The Labute approximate surface area is 163 Å². The molecule has 140 valence electrons. The SMILES string of the molecule is CC1(CN2C(=O)S/C(=C/c3ccc(O)c4ccccc34)C2=O)CCCCC1. The van der Waals surface area contributed by atoms with Crippen molar-refractivity contribution < 1.29 is 14.7 Å². The first-order chi connectivity index (χ1) is 13.0. The van der Waals surface area contributed by atoms with Crippen LogP contribution in [0.15, 0.2) is 41.3 Å². The molecule has 0 atom stereocenters. The van der Waals surface area contributed by atoms with Crippen LogP contribution in [0.4, 0.5) is 4.79 Å². The van der Waals surface area contributed by atoms with Crippen LogP contribution in [0.1, 0.15) is 44.6 Å². The molecule has 2 aliphatic rings. The largest absolute Gasteiger partial charge is 0.507 e. The topological polar surface area (TPSA) is 57.6 Å². The quantitative estimate of drug-likeness (QED) is 0.708. The summed E-state index contributed by atoms with van der Waals surface area (Å²) < 4.78 is 0. The summed E-state index contributed by atoms with van der Waals surface area (Å²) in [5.41, 5.74) is 0.864. The summed E-state index contributed by atoms with van der Waals surface area (Å²) in [7, 11) is 0. The van der Waals surface area contributed by atoms with Crippen LogP contribution in [0.2, 0.25) is 0 Å². The van der Waals surface area contributed by atoms with Crippen molar-refractivity contribution in [2.24, 2.45) is 5.41 Å². The van der Waals surface area contributed by atoms with Gasteiger partial charge in [0.1, 0.15) is 5.75 Å². The second kappa shape index (κ2) is 7.04. The van der Waals surface area contributed by atoms with Gasteiger partial charge in [-0.05, 0) is 53.1 Å². The number of hydrogen-bond donors (Lipinski definition) is 1. The van der Waals surface area contributed by atoms with Gasteiger partial charge in [-0.25, -0.2) is 0 Å². The molecule has 1 aliphatic carbocycles. The Kier molecular flexibility index (Phi) is 4.72. The number of nitrogens with zero attached hydrogens (tertiary/aromatic N) is 1. The third kappa shape index (κ3) is 3.48. The number of phenolic OH excluding ortho intramolecular Hbond substituents is 1. The molecule has 2 amide bonds. The first-order valence-corrected chi connectivity index (χ1v) is 10.2. The predicted molar refractivity (Wildman–Crippen MR) is 109 cm³/mol. The predicted octanol–water partition coefficient (Wildman–Crippen LogP) is 5.55. The zero-order chi connectivity index (χ0) is 19.0. The number of rotatable bonds is 3. The van der Waals surface area contributed by atoms with Gasteiger partial charge < -0.3 is 5.11 Å². The Morgan fingerprint density at radius 1 is 1.07 bits per heavy atom. The van der Waals surface area contributed by atoms with E-state index in [4.69, 9.17) is 0 Å². The van der Waals surface area contributed by atoms with Gasteiger partial charge in [-0.3, -0.25) is 14.5 Å². The molecular formula is C22H23NO3S. The maximum absolute atomic E-state index is 12.9. The number of carbonyl (C=O) groups is 2. The fraction of sp³-hybridized carbons (Fsp3) is 0.364. The highest BCUT2D eigenvalue weighted by Crippen LogP contribution is 2.41. The van der Waals surface area contributed by atoms with Gasteiger partial charge in [0, 0.05) is 11.9 Å². The molecule has 4 nitrogen and oxygen atoms in total. The Hall–Kier alpha value is -2.27. The summed E-state index contributed by atoms with van der Waals surface area (Å²) >= 11 is 1.01. The maximum Gasteiger partial charge on any atom is 0.293 e. The monoisotopic (exact) mass is 381 g/mol. The fourth-order valence-electron chi connectivity index (χ4n) is 4.16. The molecule has 0 spiro atoms. The van der Waals surface area contributed by atoms with Crippen molar-refractivity contribution in [3.8, 4) is 5.75 Å². The highest BCUT2D eigenvalue weighted by molar-refractivity contribution is 8.18. The number of fused-ring (bicyclic) bond motifs is 1. The van der Waals surface area contributed by atoms with E-state index in [1.165, 1.54) is 24.2 Å². The van der Waals surface area contributed by atoms with Crippen LogP contribution >= 0.6 is 11.8 Å². The highest BCUT2D eigenvalue weighted by atomic mass is 32.2. The van der Waals surface area contributed by atoms with Crippen molar-refractivity contribution >= 4 is 39.8 Å². The second-order valence-electron chi connectivity index (χ2n) is 7.86. The van der Waals surface area contributed by atoms with E-state index in [1.54, 1.807) is 18.2 Å². The molecule has 0 unspecified atom stereocenters. The number of amides is 2. The summed E-state index contributed by atoms with van der Waals surface area (Å²) in [4.78, 5) is 27.3. The lowest BCUT2D eigenvalue weighted by molar-refractivity contribution is -0.124. The summed E-state index contributed by atoms with van der Waals surface area (Å²) in [5.74, 6) is 0.00929. The van der Waals surface area contributed by atoms with Crippen molar-refractivity contribution in [1.29, 1.82) is 0 Å². The van der Waals surface area contributed by atoms with E-state index in [0.29, 0.717) is 11.4 Å². The number of thioether (sulfide) groups is 1. The molecule has 1 N–H and O–H groups in total. The summed E-state index contributed by atoms with van der Waals surface area (Å²) in [6.45, 7) is 2.69. The minimum Gasteiger partial charge on any atom is -0.507 e. The lowest BCUT2D eigenvalue weighted by Crippen LogP contribution is -2.39. The van der Waals surface area contributed by atoms with Gasteiger partial charge in [-0.15, -0.1) is 0 Å². The minimum absolute atomic E-state index is 0.0326. The maximum atomic E-state index is 12.9. The van der Waals surface area contributed by atoms with E-state index in [0.717, 1.165) is 40.9 Å². The summed E-state index contributed by atoms with van der Waals surface area (Å²) in [6.07, 6.45) is 7.48. The fourth-order valence-corrected chi connectivity index (χ4v) is 4.98. The third-order valence-electron chi connectivity index (χ3n) is 5.70. The van der Waals surface area contributed by atoms with Crippen LogP contribution in [0.5, 0.6) is 5.75 Å². The van der Waals surface area contributed by atoms with Gasteiger partial charge >= 0.3 is 0 Å². The van der Waals surface area contributed by atoms with E-state index >= 15 is 0 Å². The number of benzene rings is 2. The zero-order valence-electron chi connectivity index (χ0n) is 15.4. The van der Waals surface area contributed by atoms with Crippen molar-refractivity contribution in [1.82, 2.24) is 4.90 Å². The molecule has 0 radical (unpaired) electrons. The summed E-state index contributed by atoms with van der Waals surface area (Å²) in [6, 6.07) is 10.9. The van der Waals surface area contributed by atoms with Crippen LogP contribution in [0, 0.1) is 5.41 Å². The Morgan fingerprint density at radius 2 is 1.78 bits per heavy atom. The van der Waals surface area contributed by atoms with Gasteiger partial charge in [0.15, 0.2) is 0 Å². The van der Waals surface area contributed by atoms with Crippen molar-refractivity contribution in [2.45, 2.75) is 39.0 Å². The molecule has 2 aromatic carbocycles. The van der Waals surface area contributed by atoms with Gasteiger partial charge in [-0.1, -0.05) is 56.5 Å². The number of imide groups is 1. The molecule has 4 rings (SSSR count). The molecule has 27 heavy (non-hydrogen) atoms. The molecule has 2 fully saturated rings. The number of phenols is 1. The molecule has 1 heterocycles. The van der Waals surface area contributed by atoms with Crippen LogP contribution in [0.3, 0.4) is 0 Å². The van der Waals surface area contributed by atoms with E-state index in [9.17, 15) is 14.7 Å². The van der Waals surface area contributed by atoms with Gasteiger partial charge in [-0.2, -0.15) is 0 Å². The molecule has 5 heteroatoms. The second-order valence-corrected chi connectivity index (χ2v) is 8.85. The number of hydrogen-bond acceptors (Lipinski definition) is 4. The Balaban J connectivity index is 1.63. The van der Waals surface area contributed by atoms with Crippen LogP contribution < -0.4 is 0 Å². The molecular weight excluding hydrogens is 358 g/mol. The molecule has 0 bridgehead atoms. The Morgan fingerprint density at radius 3 is 2.52 bits per heavy atom. The van der Waals surface area contributed by atoms with Crippen molar-refractivity contribution in [3.05, 3.63) is 46.9 Å². The van der Waals surface area contributed by atoms with E-state index in [1.807, 2.05) is 24.3 Å². The first kappa shape index (κ1) is 18.1. The van der Waals surface area contributed by atoms with Crippen LogP contribution in [0.25, 0.3) is 16.8 Å². The van der Waals surface area contributed by atoms with Crippen molar-refractivity contribution in [2.75, 3.05) is 6.54 Å². The molecule has 2 aromatic rings. The summed E-state index contributed by atoms with van der Waals surface area (Å²) in [5, 5.41) is 11.5. The van der Waals surface area contributed by atoms with E-state index in [2.05, 4.69) is 6.92 Å². The molecule has 1 saturated heterocycles. The van der Waals surface area contributed by atoms with E-state index < -0.39 is 0 Å². The van der Waals surface area contributed by atoms with Crippen LogP contribution in [-0.4, -0.2) is 27.7 Å². The highest BCUT2D eigenvalue weighted by Gasteiger charge is 2.40. The lowest BCUT2D eigenvalue weighted by Gasteiger charge is -2.35. The zero-order valence-corrected chi connectivity index (χ0v) is 16.2. The minimum atomic E-state index is -0.200. The van der Waals surface area contributed by atoms with Gasteiger partial charge in [0.25, 0.3) is 11.1 Å². The number of carbonyl (C=O) groups excluding carboxylic acids is 2. The van der Waals surface area contributed by atoms with Crippen molar-refractivity contribution in [3.63, 3.8) is 0 Å². The third-order valence-corrected chi connectivity index (χ3v) is 6.60. The Bertz CT molecular complexity index is 944.